The van der Waals surface area contributed by atoms with Crippen LogP contribution in [0.15, 0.2) is 29.3 Å². The highest BCUT2D eigenvalue weighted by atomic mass is 127. The van der Waals surface area contributed by atoms with Crippen LogP contribution in [-0.2, 0) is 0 Å². The Bertz CT molecular complexity index is 405. The highest BCUT2D eigenvalue weighted by Crippen LogP contribution is 2.18. The molecule has 0 atom stereocenters. The molecule has 18 heavy (non-hydrogen) atoms. The second-order valence-corrected chi connectivity index (χ2v) is 4.30. The Morgan fingerprint density at radius 3 is 2.83 bits per heavy atom. The van der Waals surface area contributed by atoms with Gasteiger partial charge in [-0.15, -0.1) is 24.0 Å². The van der Waals surface area contributed by atoms with Crippen LogP contribution in [0.1, 0.15) is 18.4 Å². The molecule has 1 fully saturated rings. The summed E-state index contributed by atoms with van der Waals surface area (Å²) < 4.78 is 5.62. The van der Waals surface area contributed by atoms with Gasteiger partial charge >= 0.3 is 0 Å². The van der Waals surface area contributed by atoms with Crippen molar-refractivity contribution in [3.63, 3.8) is 0 Å². The summed E-state index contributed by atoms with van der Waals surface area (Å²) in [4.78, 5) is 4.21. The normalized spacial score (nSPS) is 14.8. The zero-order valence-corrected chi connectivity index (χ0v) is 12.9. The van der Waals surface area contributed by atoms with E-state index < -0.39 is 0 Å². The molecule has 0 spiro atoms. The smallest absolute Gasteiger partial charge is 0.188 e. The van der Waals surface area contributed by atoms with E-state index >= 15 is 0 Å². The fourth-order valence-electron chi connectivity index (χ4n) is 1.52. The monoisotopic (exact) mass is 361 g/mol. The average Bonchev–Trinajstić information content (AvgIpc) is 3.10. The quantitative estimate of drug-likeness (QED) is 0.365. The molecule has 1 aromatic carbocycles. The summed E-state index contributed by atoms with van der Waals surface area (Å²) in [5.41, 5.74) is 6.85. The van der Waals surface area contributed by atoms with Crippen molar-refractivity contribution in [1.82, 2.24) is 5.32 Å². The lowest BCUT2D eigenvalue weighted by Gasteiger charge is -2.07. The van der Waals surface area contributed by atoms with Gasteiger partial charge in [0.15, 0.2) is 5.96 Å². The predicted molar refractivity (Wildman–Crippen MR) is 84.7 cm³/mol. The van der Waals surface area contributed by atoms with Gasteiger partial charge in [-0.25, -0.2) is 4.99 Å². The molecule has 100 valence electrons. The third-order valence-corrected chi connectivity index (χ3v) is 2.65. The molecule has 0 bridgehead atoms. The number of nitrogens with one attached hydrogen (secondary N) is 1. The first-order chi connectivity index (χ1) is 8.25. The van der Waals surface area contributed by atoms with Crippen LogP contribution in [0, 0.1) is 6.92 Å². The molecule has 0 heterocycles. The third-order valence-electron chi connectivity index (χ3n) is 2.65. The number of aryl methyl sites for hydroxylation is 1. The lowest BCUT2D eigenvalue weighted by Crippen LogP contribution is -2.33. The van der Waals surface area contributed by atoms with Crippen molar-refractivity contribution in [2.45, 2.75) is 25.8 Å². The minimum Gasteiger partial charge on any atom is -0.491 e. The average molecular weight is 361 g/mol. The molecule has 2 rings (SSSR count). The molecule has 5 heteroatoms. The largest absolute Gasteiger partial charge is 0.491 e. The Morgan fingerprint density at radius 1 is 1.44 bits per heavy atom. The number of para-hydroxylation sites is 1. The second kappa shape index (κ2) is 7.45. The molecule has 4 nitrogen and oxygen atoms in total. The van der Waals surface area contributed by atoms with Crippen LogP contribution in [0.5, 0.6) is 5.75 Å². The fourth-order valence-corrected chi connectivity index (χ4v) is 1.52. The molecule has 3 N–H and O–H groups in total. The number of ether oxygens (including phenoxy) is 1. The number of guanidine groups is 1. The summed E-state index contributed by atoms with van der Waals surface area (Å²) in [6.07, 6.45) is 2.41. The van der Waals surface area contributed by atoms with Crippen LogP contribution >= 0.6 is 24.0 Å². The van der Waals surface area contributed by atoms with Gasteiger partial charge < -0.3 is 15.8 Å². The van der Waals surface area contributed by atoms with Gasteiger partial charge in [0.05, 0.1) is 6.54 Å². The van der Waals surface area contributed by atoms with E-state index in [1.807, 2.05) is 31.2 Å². The summed E-state index contributed by atoms with van der Waals surface area (Å²) in [6.45, 7) is 3.17. The molecule has 0 unspecified atom stereocenters. The van der Waals surface area contributed by atoms with E-state index in [4.69, 9.17) is 10.5 Å². The Hall–Kier alpha value is -0.980. The molecular formula is C13H20IN3O. The van der Waals surface area contributed by atoms with Crippen LogP contribution in [0.3, 0.4) is 0 Å². The van der Waals surface area contributed by atoms with Gasteiger partial charge in [-0.1, -0.05) is 18.2 Å². The number of hydrogen-bond donors (Lipinski definition) is 2. The number of aliphatic imine (C=N–C) groups is 1. The predicted octanol–water partition coefficient (Wildman–Crippen LogP) is 2.06. The highest BCUT2D eigenvalue weighted by molar-refractivity contribution is 14.0. The number of rotatable bonds is 5. The van der Waals surface area contributed by atoms with Crippen LogP contribution in [0.25, 0.3) is 0 Å². The topological polar surface area (TPSA) is 59.6 Å². The zero-order chi connectivity index (χ0) is 12.1. The van der Waals surface area contributed by atoms with Crippen molar-refractivity contribution >= 4 is 29.9 Å². The first-order valence-corrected chi connectivity index (χ1v) is 6.00. The second-order valence-electron chi connectivity index (χ2n) is 4.30. The first kappa shape index (κ1) is 15.1. The van der Waals surface area contributed by atoms with E-state index in [-0.39, 0.29) is 24.0 Å². The molecule has 1 aliphatic carbocycles. The van der Waals surface area contributed by atoms with E-state index in [2.05, 4.69) is 10.3 Å². The van der Waals surface area contributed by atoms with Gasteiger partial charge in [-0.05, 0) is 31.4 Å². The van der Waals surface area contributed by atoms with Crippen molar-refractivity contribution in [3.8, 4) is 5.75 Å². The molecule has 1 saturated carbocycles. The molecular weight excluding hydrogens is 341 g/mol. The summed E-state index contributed by atoms with van der Waals surface area (Å²) in [5.74, 6) is 1.44. The fraction of sp³-hybridized carbons (Fsp3) is 0.462. The minimum absolute atomic E-state index is 0. The number of halogens is 1. The van der Waals surface area contributed by atoms with Gasteiger partial charge in [0, 0.05) is 6.04 Å². The maximum Gasteiger partial charge on any atom is 0.188 e. The first-order valence-electron chi connectivity index (χ1n) is 6.00. The van der Waals surface area contributed by atoms with Crippen molar-refractivity contribution in [2.24, 2.45) is 10.7 Å². The highest BCUT2D eigenvalue weighted by Gasteiger charge is 2.21. The van der Waals surface area contributed by atoms with E-state index in [1.165, 1.54) is 12.8 Å². The minimum atomic E-state index is 0. The molecule has 0 amide bonds. The molecule has 0 saturated heterocycles. The van der Waals surface area contributed by atoms with Gasteiger partial charge in [0.25, 0.3) is 0 Å². The Morgan fingerprint density at radius 2 is 2.17 bits per heavy atom. The van der Waals surface area contributed by atoms with Gasteiger partial charge in [-0.3, -0.25) is 0 Å². The molecule has 0 aliphatic heterocycles. The van der Waals surface area contributed by atoms with E-state index in [9.17, 15) is 0 Å². The zero-order valence-electron chi connectivity index (χ0n) is 10.6. The summed E-state index contributed by atoms with van der Waals surface area (Å²) in [6, 6.07) is 8.51. The van der Waals surface area contributed by atoms with Crippen LogP contribution < -0.4 is 15.8 Å². The van der Waals surface area contributed by atoms with Crippen molar-refractivity contribution in [2.75, 3.05) is 13.2 Å². The van der Waals surface area contributed by atoms with E-state index in [0.717, 1.165) is 11.3 Å². The third kappa shape index (κ3) is 5.12. The molecule has 1 aliphatic rings. The number of nitrogens with zero attached hydrogens (tertiary/aromatic N) is 1. The molecule has 0 aromatic heterocycles. The Kier molecular flexibility index (Phi) is 6.24. The standard InChI is InChI=1S/C13H19N3O.HI/c1-10-4-2-3-5-12(10)17-9-8-15-13(14)16-11-6-7-11;/h2-5,11H,6-9H2,1H3,(H3,14,15,16);1H. The maximum atomic E-state index is 5.71. The lowest BCUT2D eigenvalue weighted by atomic mass is 10.2. The molecule has 0 radical (unpaired) electrons. The van der Waals surface area contributed by atoms with Crippen LogP contribution in [0.4, 0.5) is 0 Å². The summed E-state index contributed by atoms with van der Waals surface area (Å²) in [7, 11) is 0. The van der Waals surface area contributed by atoms with Gasteiger partial charge in [-0.2, -0.15) is 0 Å². The van der Waals surface area contributed by atoms with Crippen molar-refractivity contribution < 1.29 is 4.74 Å². The lowest BCUT2D eigenvalue weighted by molar-refractivity contribution is 0.326. The SMILES string of the molecule is Cc1ccccc1OCCN=C(N)NC1CC1.I. The number of hydrogen-bond acceptors (Lipinski definition) is 2. The summed E-state index contributed by atoms with van der Waals surface area (Å²) in [5, 5.41) is 3.14. The Balaban J connectivity index is 0.00000162. The van der Waals surface area contributed by atoms with E-state index in [0.29, 0.717) is 25.2 Å². The number of benzene rings is 1. The van der Waals surface area contributed by atoms with Crippen molar-refractivity contribution in [1.29, 1.82) is 0 Å². The summed E-state index contributed by atoms with van der Waals surface area (Å²) >= 11 is 0. The van der Waals surface area contributed by atoms with Crippen LogP contribution in [-0.4, -0.2) is 25.2 Å². The van der Waals surface area contributed by atoms with Gasteiger partial charge in [0.1, 0.15) is 12.4 Å². The molecule has 1 aromatic rings. The van der Waals surface area contributed by atoms with E-state index in [1.54, 1.807) is 0 Å². The van der Waals surface area contributed by atoms with Crippen LogP contribution in [0.2, 0.25) is 0 Å². The number of nitrogens with two attached hydrogens (primary N) is 1. The maximum absolute atomic E-state index is 5.71. The van der Waals surface area contributed by atoms with Crippen molar-refractivity contribution in [3.05, 3.63) is 29.8 Å². The van der Waals surface area contributed by atoms with Gasteiger partial charge in [0.2, 0.25) is 0 Å². The Labute approximate surface area is 125 Å².